The second-order valence-corrected chi connectivity index (χ2v) is 7.19. The van der Waals surface area contributed by atoms with E-state index in [1.165, 1.54) is 30.3 Å². The maximum absolute atomic E-state index is 12.6. The lowest BCUT2D eigenvalue weighted by Gasteiger charge is -2.27. The third-order valence-corrected chi connectivity index (χ3v) is 4.92. The quantitative estimate of drug-likeness (QED) is 0.474. The van der Waals surface area contributed by atoms with Gasteiger partial charge in [-0.05, 0) is 25.5 Å². The Balaban J connectivity index is 1.32. The number of nitro groups is 1. The number of carbonyl (C=O) groups is 2. The Kier molecular flexibility index (Phi) is 5.48. The van der Waals surface area contributed by atoms with E-state index < -0.39 is 4.92 Å². The van der Waals surface area contributed by atoms with Crippen molar-refractivity contribution in [2.24, 2.45) is 0 Å². The van der Waals surface area contributed by atoms with Crippen LogP contribution in [0.5, 0.6) is 0 Å². The van der Waals surface area contributed by atoms with E-state index in [9.17, 15) is 19.7 Å². The highest BCUT2D eigenvalue weighted by Gasteiger charge is 2.24. The molecule has 0 radical (unpaired) electrons. The van der Waals surface area contributed by atoms with Crippen molar-refractivity contribution in [3.05, 3.63) is 52.2 Å². The fraction of sp³-hybridized carbons (Fsp3) is 0.300. The average Bonchev–Trinajstić information content (AvgIpc) is 3.37. The molecule has 3 aromatic rings. The number of carbonyl (C=O) groups excluding carboxylic acids is 2. The smallest absolute Gasteiger partial charge is 0.269 e. The first-order valence-electron chi connectivity index (χ1n) is 9.77. The SMILES string of the molecule is Cc1cc2n(n1)CCCN2C(=O)CCC(=O)Nc1cc(-c2ccc([N+](=O)[O-])cc2)on1. The Morgan fingerprint density at radius 1 is 1.19 bits per heavy atom. The number of nitrogens with one attached hydrogen (secondary N) is 1. The first kappa shape index (κ1) is 20.3. The minimum Gasteiger partial charge on any atom is -0.354 e. The number of aromatic nitrogens is 3. The lowest BCUT2D eigenvalue weighted by molar-refractivity contribution is -0.384. The number of amides is 2. The molecule has 160 valence electrons. The van der Waals surface area contributed by atoms with Crippen molar-refractivity contribution >= 4 is 29.1 Å². The Morgan fingerprint density at radius 2 is 1.97 bits per heavy atom. The molecule has 2 aromatic heterocycles. The van der Waals surface area contributed by atoms with Crippen LogP contribution in [-0.2, 0) is 16.1 Å². The van der Waals surface area contributed by atoms with Crippen LogP contribution in [0.25, 0.3) is 11.3 Å². The van der Waals surface area contributed by atoms with Gasteiger partial charge in [0, 0.05) is 55.8 Å². The highest BCUT2D eigenvalue weighted by Crippen LogP contribution is 2.25. The van der Waals surface area contributed by atoms with Gasteiger partial charge in [0.2, 0.25) is 11.8 Å². The summed E-state index contributed by atoms with van der Waals surface area (Å²) in [5, 5.41) is 21.5. The summed E-state index contributed by atoms with van der Waals surface area (Å²) < 4.78 is 7.01. The van der Waals surface area contributed by atoms with Crippen LogP contribution in [0.1, 0.15) is 25.0 Å². The fourth-order valence-corrected chi connectivity index (χ4v) is 3.44. The van der Waals surface area contributed by atoms with Gasteiger partial charge in [0.15, 0.2) is 11.6 Å². The Hall–Kier alpha value is -4.02. The van der Waals surface area contributed by atoms with Crippen LogP contribution in [-0.4, -0.2) is 38.2 Å². The molecule has 4 rings (SSSR count). The monoisotopic (exact) mass is 424 g/mol. The standard InChI is InChI=1S/C20H20N6O5/c1-13-11-19-24(9-2-10-25(19)22-13)20(28)8-7-18(27)21-17-12-16(31-23-17)14-3-5-15(6-4-14)26(29)30/h3-6,11-12H,2,7-10H2,1H3,(H,21,23,27). The molecule has 0 bridgehead atoms. The topological polar surface area (TPSA) is 136 Å². The molecule has 0 atom stereocenters. The lowest BCUT2D eigenvalue weighted by atomic mass is 10.1. The minimum atomic E-state index is -0.490. The van der Waals surface area contributed by atoms with Crippen LogP contribution in [0.4, 0.5) is 17.3 Å². The summed E-state index contributed by atoms with van der Waals surface area (Å²) in [5.74, 6) is 0.829. The predicted octanol–water partition coefficient (Wildman–Crippen LogP) is 2.91. The van der Waals surface area contributed by atoms with Crippen LogP contribution in [0.3, 0.4) is 0 Å². The van der Waals surface area contributed by atoms with E-state index in [2.05, 4.69) is 15.6 Å². The molecular formula is C20H20N6O5. The van der Waals surface area contributed by atoms with Gasteiger partial charge in [-0.3, -0.25) is 24.6 Å². The number of nitro benzene ring substituents is 1. The summed E-state index contributed by atoms with van der Waals surface area (Å²) in [5.41, 5.74) is 1.40. The second kappa shape index (κ2) is 8.38. The molecule has 0 aliphatic carbocycles. The zero-order valence-corrected chi connectivity index (χ0v) is 16.8. The molecule has 1 aliphatic heterocycles. The number of anilines is 2. The van der Waals surface area contributed by atoms with Crippen molar-refractivity contribution in [3.8, 4) is 11.3 Å². The van der Waals surface area contributed by atoms with Crippen molar-refractivity contribution in [2.75, 3.05) is 16.8 Å². The number of aryl methyl sites for hydroxylation is 2. The van der Waals surface area contributed by atoms with E-state index in [0.717, 1.165) is 24.5 Å². The molecule has 3 heterocycles. The number of non-ortho nitro benzene ring substituents is 1. The third-order valence-electron chi connectivity index (χ3n) is 4.92. The van der Waals surface area contributed by atoms with Crippen molar-refractivity contribution in [2.45, 2.75) is 32.7 Å². The molecule has 31 heavy (non-hydrogen) atoms. The van der Waals surface area contributed by atoms with Crippen LogP contribution in [0, 0.1) is 17.0 Å². The molecule has 0 fully saturated rings. The van der Waals surface area contributed by atoms with Crippen molar-refractivity contribution in [1.82, 2.24) is 14.9 Å². The second-order valence-electron chi connectivity index (χ2n) is 7.19. The zero-order chi connectivity index (χ0) is 22.0. The number of benzene rings is 1. The highest BCUT2D eigenvalue weighted by molar-refractivity contribution is 5.97. The molecule has 11 heteroatoms. The number of nitrogens with zero attached hydrogens (tertiary/aromatic N) is 5. The van der Waals surface area contributed by atoms with Crippen LogP contribution >= 0.6 is 0 Å². The molecule has 0 saturated heterocycles. The van der Waals surface area contributed by atoms with Gasteiger partial charge in [-0.15, -0.1) is 0 Å². The van der Waals surface area contributed by atoms with E-state index >= 15 is 0 Å². The van der Waals surface area contributed by atoms with E-state index in [1.54, 1.807) is 4.90 Å². The van der Waals surface area contributed by atoms with E-state index in [-0.39, 0.29) is 36.2 Å². The van der Waals surface area contributed by atoms with Crippen molar-refractivity contribution in [1.29, 1.82) is 0 Å². The molecule has 0 spiro atoms. The number of rotatable bonds is 6. The Labute approximate surface area is 176 Å². The number of hydrogen-bond acceptors (Lipinski definition) is 7. The van der Waals surface area contributed by atoms with Crippen molar-refractivity contribution < 1.29 is 19.0 Å². The van der Waals surface area contributed by atoms with Crippen LogP contribution in [0.15, 0.2) is 40.9 Å². The first-order chi connectivity index (χ1) is 14.9. The molecule has 11 nitrogen and oxygen atoms in total. The molecule has 2 amide bonds. The maximum atomic E-state index is 12.6. The Morgan fingerprint density at radius 3 is 2.71 bits per heavy atom. The van der Waals surface area contributed by atoms with Crippen LogP contribution < -0.4 is 10.2 Å². The third kappa shape index (κ3) is 4.44. The van der Waals surface area contributed by atoms with Gasteiger partial charge in [0.05, 0.1) is 10.6 Å². The molecule has 1 N–H and O–H groups in total. The summed E-state index contributed by atoms with van der Waals surface area (Å²) in [6.07, 6.45) is 0.877. The van der Waals surface area contributed by atoms with E-state index in [1.807, 2.05) is 17.7 Å². The summed E-state index contributed by atoms with van der Waals surface area (Å²) in [7, 11) is 0. The van der Waals surface area contributed by atoms with Gasteiger partial charge in [0.1, 0.15) is 5.82 Å². The van der Waals surface area contributed by atoms with E-state index in [0.29, 0.717) is 17.9 Å². The Bertz CT molecular complexity index is 1130. The summed E-state index contributed by atoms with van der Waals surface area (Å²) in [4.78, 5) is 36.8. The lowest BCUT2D eigenvalue weighted by Crippen LogP contribution is -2.37. The fourth-order valence-electron chi connectivity index (χ4n) is 3.44. The summed E-state index contributed by atoms with van der Waals surface area (Å²) in [6.45, 7) is 3.26. The highest BCUT2D eigenvalue weighted by atomic mass is 16.6. The van der Waals surface area contributed by atoms with Gasteiger partial charge >= 0.3 is 0 Å². The first-order valence-corrected chi connectivity index (χ1v) is 9.77. The normalized spacial score (nSPS) is 13.0. The zero-order valence-electron chi connectivity index (χ0n) is 16.8. The largest absolute Gasteiger partial charge is 0.354 e. The summed E-state index contributed by atoms with van der Waals surface area (Å²) in [6, 6.07) is 9.17. The van der Waals surface area contributed by atoms with Crippen LogP contribution in [0.2, 0.25) is 0 Å². The van der Waals surface area contributed by atoms with E-state index in [4.69, 9.17) is 4.52 Å². The summed E-state index contributed by atoms with van der Waals surface area (Å²) >= 11 is 0. The van der Waals surface area contributed by atoms with Gasteiger partial charge < -0.3 is 9.84 Å². The minimum absolute atomic E-state index is 0.00216. The number of hydrogen-bond donors (Lipinski definition) is 1. The molecule has 1 aliphatic rings. The predicted molar refractivity (Wildman–Crippen MR) is 110 cm³/mol. The molecule has 0 saturated carbocycles. The van der Waals surface area contributed by atoms with Gasteiger partial charge in [-0.25, -0.2) is 4.68 Å². The van der Waals surface area contributed by atoms with Gasteiger partial charge in [-0.2, -0.15) is 5.10 Å². The molecule has 0 unspecified atom stereocenters. The number of fused-ring (bicyclic) bond motifs is 1. The average molecular weight is 424 g/mol. The molecular weight excluding hydrogens is 404 g/mol. The molecule has 1 aromatic carbocycles. The van der Waals surface area contributed by atoms with Gasteiger partial charge in [-0.1, -0.05) is 5.16 Å². The van der Waals surface area contributed by atoms with Crippen molar-refractivity contribution in [3.63, 3.8) is 0 Å². The van der Waals surface area contributed by atoms with Gasteiger partial charge in [0.25, 0.3) is 5.69 Å². The maximum Gasteiger partial charge on any atom is 0.269 e.